The lowest BCUT2D eigenvalue weighted by atomic mass is 9.88. The van der Waals surface area contributed by atoms with E-state index in [2.05, 4.69) is 0 Å². The smallest absolute Gasteiger partial charge is 0.153 e. The Balaban J connectivity index is 3.35. The van der Waals surface area contributed by atoms with Crippen molar-refractivity contribution in [2.45, 2.75) is 6.92 Å². The van der Waals surface area contributed by atoms with Gasteiger partial charge in [-0.05, 0) is 13.0 Å². The largest absolute Gasteiger partial charge is 0.497 e. The van der Waals surface area contributed by atoms with Gasteiger partial charge in [-0.3, -0.25) is 4.79 Å². The van der Waals surface area contributed by atoms with Crippen LogP contribution in [0.15, 0.2) is 12.1 Å². The van der Waals surface area contributed by atoms with E-state index in [4.69, 9.17) is 12.6 Å². The number of ether oxygens (including phenoxy) is 1. The second kappa shape index (κ2) is 3.43. The van der Waals surface area contributed by atoms with E-state index in [1.165, 1.54) is 7.11 Å². The summed E-state index contributed by atoms with van der Waals surface area (Å²) in [6, 6.07) is 3.49. The summed E-state index contributed by atoms with van der Waals surface area (Å²) < 4.78 is 4.99. The monoisotopic (exact) mass is 160 g/mol. The minimum absolute atomic E-state index is 0.463. The first-order valence-corrected chi connectivity index (χ1v) is 3.59. The van der Waals surface area contributed by atoms with E-state index in [-0.39, 0.29) is 0 Å². The molecule has 1 rings (SSSR count). The van der Waals surface area contributed by atoms with E-state index in [1.807, 2.05) is 6.92 Å². The Morgan fingerprint density at radius 1 is 1.50 bits per heavy atom. The summed E-state index contributed by atoms with van der Waals surface area (Å²) in [5.74, 6) is 0.463. The Hall–Kier alpha value is -1.25. The van der Waals surface area contributed by atoms with Crippen LogP contribution in [0.4, 0.5) is 0 Å². The van der Waals surface area contributed by atoms with Gasteiger partial charge < -0.3 is 4.74 Å². The van der Waals surface area contributed by atoms with Gasteiger partial charge in [-0.2, -0.15) is 0 Å². The summed E-state index contributed by atoms with van der Waals surface area (Å²) in [6.45, 7) is 1.87. The molecule has 2 nitrogen and oxygen atoms in total. The maximum Gasteiger partial charge on any atom is 0.153 e. The van der Waals surface area contributed by atoms with Crippen LogP contribution in [0, 0.1) is 6.92 Å². The lowest BCUT2D eigenvalue weighted by Gasteiger charge is -2.09. The Morgan fingerprint density at radius 3 is 2.67 bits per heavy atom. The van der Waals surface area contributed by atoms with Crippen molar-refractivity contribution in [1.82, 2.24) is 0 Å². The first-order valence-electron chi connectivity index (χ1n) is 3.59. The van der Waals surface area contributed by atoms with Gasteiger partial charge in [-0.25, -0.2) is 0 Å². The molecule has 0 spiro atoms. The minimum atomic E-state index is 0.463. The molecular weight excluding hydrogens is 151 g/mol. The van der Waals surface area contributed by atoms with Crippen molar-refractivity contribution in [2.75, 3.05) is 7.11 Å². The van der Waals surface area contributed by atoms with Crippen molar-refractivity contribution in [3.8, 4) is 5.75 Å². The highest BCUT2D eigenvalue weighted by Crippen LogP contribution is 2.13. The number of hydrogen-bond donors (Lipinski definition) is 0. The highest BCUT2D eigenvalue weighted by atomic mass is 16.5. The second-order valence-electron chi connectivity index (χ2n) is 2.54. The van der Waals surface area contributed by atoms with Gasteiger partial charge in [0.1, 0.15) is 13.6 Å². The van der Waals surface area contributed by atoms with Crippen LogP contribution in [-0.2, 0) is 0 Å². The fourth-order valence-electron chi connectivity index (χ4n) is 1.04. The third-order valence-electron chi connectivity index (χ3n) is 1.78. The normalized spacial score (nSPS) is 9.50. The summed E-state index contributed by atoms with van der Waals surface area (Å²) in [4.78, 5) is 10.5. The van der Waals surface area contributed by atoms with E-state index in [0.717, 1.165) is 11.8 Å². The zero-order chi connectivity index (χ0) is 9.14. The molecule has 0 N–H and O–H groups in total. The summed E-state index contributed by atoms with van der Waals surface area (Å²) in [6.07, 6.45) is 0.731. The molecule has 0 heterocycles. The molecule has 0 fully saturated rings. The third-order valence-corrected chi connectivity index (χ3v) is 1.78. The Labute approximate surface area is 73.0 Å². The average Bonchev–Trinajstić information content (AvgIpc) is 2.09. The number of hydrogen-bond acceptors (Lipinski definition) is 2. The van der Waals surface area contributed by atoms with Crippen LogP contribution in [0.5, 0.6) is 5.75 Å². The van der Waals surface area contributed by atoms with Gasteiger partial charge in [0.25, 0.3) is 0 Å². The number of carbonyl (C=O) groups is 1. The lowest BCUT2D eigenvalue weighted by Crippen LogP contribution is -2.13. The van der Waals surface area contributed by atoms with Crippen molar-refractivity contribution < 1.29 is 9.53 Å². The van der Waals surface area contributed by atoms with E-state index in [1.54, 1.807) is 12.1 Å². The molecule has 2 radical (unpaired) electrons. The molecule has 0 aliphatic rings. The maximum atomic E-state index is 10.5. The molecule has 60 valence electrons. The van der Waals surface area contributed by atoms with Gasteiger partial charge in [-0.15, -0.1) is 0 Å². The number of aldehydes is 1. The molecule has 12 heavy (non-hydrogen) atoms. The van der Waals surface area contributed by atoms with E-state index in [9.17, 15) is 4.79 Å². The predicted molar refractivity (Wildman–Crippen MR) is 48.5 cm³/mol. The first-order chi connectivity index (χ1) is 5.70. The minimum Gasteiger partial charge on any atom is -0.497 e. The summed E-state index contributed by atoms with van der Waals surface area (Å²) in [5, 5.41) is 0. The molecule has 0 aliphatic heterocycles. The van der Waals surface area contributed by atoms with Crippen molar-refractivity contribution >= 4 is 19.6 Å². The summed E-state index contributed by atoms with van der Waals surface area (Å²) >= 11 is 0. The Morgan fingerprint density at radius 2 is 2.17 bits per heavy atom. The van der Waals surface area contributed by atoms with Crippen LogP contribution in [0.25, 0.3) is 0 Å². The summed E-state index contributed by atoms with van der Waals surface area (Å²) in [5.41, 5.74) is 1.93. The van der Waals surface area contributed by atoms with Crippen LogP contribution >= 0.6 is 0 Å². The molecule has 0 bridgehead atoms. The fraction of sp³-hybridized carbons (Fsp3) is 0.222. The van der Waals surface area contributed by atoms with Crippen molar-refractivity contribution in [1.29, 1.82) is 0 Å². The number of aryl methyl sites for hydroxylation is 1. The van der Waals surface area contributed by atoms with E-state index >= 15 is 0 Å². The van der Waals surface area contributed by atoms with Crippen LogP contribution in [-0.4, -0.2) is 21.2 Å². The first kappa shape index (κ1) is 8.85. The zero-order valence-electron chi connectivity index (χ0n) is 7.13. The molecule has 0 atom stereocenters. The highest BCUT2D eigenvalue weighted by Gasteiger charge is 2.05. The van der Waals surface area contributed by atoms with Crippen LogP contribution in [0.2, 0.25) is 0 Å². The quantitative estimate of drug-likeness (QED) is 0.468. The molecule has 0 saturated heterocycles. The molecule has 0 aliphatic carbocycles. The SMILES string of the molecule is [B]c1c(C)ccc(C=O)c1OC. The van der Waals surface area contributed by atoms with Crippen LogP contribution in [0.3, 0.4) is 0 Å². The topological polar surface area (TPSA) is 26.3 Å². The number of carbonyl (C=O) groups excluding carboxylic acids is 1. The van der Waals surface area contributed by atoms with Crippen molar-refractivity contribution in [3.63, 3.8) is 0 Å². The second-order valence-corrected chi connectivity index (χ2v) is 2.54. The fourth-order valence-corrected chi connectivity index (χ4v) is 1.04. The van der Waals surface area contributed by atoms with Gasteiger partial charge in [0, 0.05) is 0 Å². The number of rotatable bonds is 2. The molecular formula is C9H9BO2. The maximum absolute atomic E-state index is 10.5. The van der Waals surface area contributed by atoms with Crippen molar-refractivity contribution in [2.24, 2.45) is 0 Å². The molecule has 3 heteroatoms. The molecule has 0 aromatic heterocycles. The van der Waals surface area contributed by atoms with E-state index < -0.39 is 0 Å². The molecule has 0 saturated carbocycles. The van der Waals surface area contributed by atoms with Gasteiger partial charge in [0.15, 0.2) is 6.29 Å². The third kappa shape index (κ3) is 1.35. The number of methoxy groups -OCH3 is 1. The molecule has 1 aromatic rings. The molecule has 1 aromatic carbocycles. The lowest BCUT2D eigenvalue weighted by molar-refractivity contribution is 0.112. The Kier molecular flexibility index (Phi) is 2.53. The van der Waals surface area contributed by atoms with Gasteiger partial charge in [-0.1, -0.05) is 17.1 Å². The van der Waals surface area contributed by atoms with Gasteiger partial charge in [0.05, 0.1) is 12.7 Å². The van der Waals surface area contributed by atoms with Crippen molar-refractivity contribution in [3.05, 3.63) is 23.3 Å². The predicted octanol–water partition coefficient (Wildman–Crippen LogP) is 0.610. The standard InChI is InChI=1S/C9H9BO2/c1-6-3-4-7(5-11)9(12-2)8(6)10/h3-5H,1-2H3. The van der Waals surface area contributed by atoms with Gasteiger partial charge >= 0.3 is 0 Å². The molecule has 0 amide bonds. The Bertz CT molecular complexity index is 308. The zero-order valence-corrected chi connectivity index (χ0v) is 7.13. The highest BCUT2D eigenvalue weighted by molar-refractivity contribution is 6.35. The van der Waals surface area contributed by atoms with E-state index in [0.29, 0.717) is 16.8 Å². The number of benzene rings is 1. The van der Waals surface area contributed by atoms with Crippen LogP contribution < -0.4 is 10.2 Å². The average molecular weight is 160 g/mol. The van der Waals surface area contributed by atoms with Gasteiger partial charge in [0.2, 0.25) is 0 Å². The van der Waals surface area contributed by atoms with Crippen LogP contribution in [0.1, 0.15) is 15.9 Å². The molecule has 0 unspecified atom stereocenters. The summed E-state index contributed by atoms with van der Waals surface area (Å²) in [7, 11) is 7.18.